The van der Waals surface area contributed by atoms with Crippen LogP contribution >= 0.6 is 47.8 Å². The highest BCUT2D eigenvalue weighted by molar-refractivity contribution is 9.09. The molecule has 0 saturated heterocycles. The van der Waals surface area contributed by atoms with E-state index >= 15 is 0 Å². The van der Waals surface area contributed by atoms with Crippen molar-refractivity contribution in [2.24, 2.45) is 0 Å². The van der Waals surface area contributed by atoms with E-state index in [1.807, 2.05) is 12.1 Å². The molecule has 1 N–H and O–H groups in total. The van der Waals surface area contributed by atoms with Gasteiger partial charge in [-0.25, -0.2) is 9.59 Å². The van der Waals surface area contributed by atoms with Gasteiger partial charge in [-0.2, -0.15) is 0 Å². The SMILES string of the molecule is BrCCCBr.O=c1oc2cc(O)ccc2cc1-c1ccc([N+](=O)[O-])cc1.O=c1oc2cc(OCCCBr)ccc2cc1-c1ccc([N+](=O)[O-])cc1. The molecule has 0 atom stereocenters. The van der Waals surface area contributed by atoms with Gasteiger partial charge in [0.25, 0.3) is 11.4 Å². The van der Waals surface area contributed by atoms with Crippen LogP contribution in [0.4, 0.5) is 11.4 Å². The Hall–Kier alpha value is -4.86. The standard InChI is InChI=1S/C18H14BrNO5.C15H9NO5.C3H6Br2/c19-8-1-9-24-15-7-4-13-10-16(18(21)25-17(13)11-15)12-2-5-14(6-3-12)20(22)23;17-12-6-3-10-7-13(15(18)21-14(10)8-12)9-1-4-11(5-2-9)16(19)20;4-2-1-3-5/h2-7,10-11H,1,8-9H2;1-8,17H;1-3H2. The van der Waals surface area contributed by atoms with Crippen LogP contribution in [0, 0.1) is 20.2 Å². The third-order valence-corrected chi connectivity index (χ3v) is 8.70. The number of nitro groups is 2. The maximum Gasteiger partial charge on any atom is 0.344 e. The van der Waals surface area contributed by atoms with Crippen molar-refractivity contribution in [3.63, 3.8) is 0 Å². The molecular weight excluding hydrogens is 860 g/mol. The van der Waals surface area contributed by atoms with Crippen molar-refractivity contribution < 1.29 is 28.5 Å². The molecule has 0 bridgehead atoms. The van der Waals surface area contributed by atoms with E-state index in [-0.39, 0.29) is 22.7 Å². The fourth-order valence-electron chi connectivity index (χ4n) is 4.50. The fraction of sp³-hybridized carbons (Fsp3) is 0.167. The minimum absolute atomic E-state index is 0.00809. The Morgan fingerprint density at radius 1 is 0.608 bits per heavy atom. The first kappa shape index (κ1) is 38.9. The van der Waals surface area contributed by atoms with Gasteiger partial charge in [0.05, 0.1) is 27.6 Å². The van der Waals surface area contributed by atoms with Crippen LogP contribution < -0.4 is 16.0 Å². The quantitative estimate of drug-likeness (QED) is 0.0458. The first-order valence-electron chi connectivity index (χ1n) is 15.2. The normalized spacial score (nSPS) is 10.5. The van der Waals surface area contributed by atoms with Gasteiger partial charge in [0, 0.05) is 63.2 Å². The van der Waals surface area contributed by atoms with Crippen LogP contribution in [0.15, 0.2) is 115 Å². The third-order valence-electron chi connectivity index (χ3n) is 7.02. The number of nitro benzene ring substituents is 2. The predicted molar refractivity (Wildman–Crippen MR) is 207 cm³/mol. The van der Waals surface area contributed by atoms with Crippen molar-refractivity contribution in [2.45, 2.75) is 12.8 Å². The lowest BCUT2D eigenvalue weighted by molar-refractivity contribution is -0.385. The number of phenolic OH excluding ortho intramolecular Hbond substituents is 1. The van der Waals surface area contributed by atoms with Crippen LogP contribution in [0.3, 0.4) is 0 Å². The van der Waals surface area contributed by atoms with Crippen molar-refractivity contribution >= 4 is 81.1 Å². The first-order valence-corrected chi connectivity index (χ1v) is 18.6. The highest BCUT2D eigenvalue weighted by Crippen LogP contribution is 2.27. The van der Waals surface area contributed by atoms with E-state index in [9.17, 15) is 34.9 Å². The molecule has 0 aliphatic heterocycles. The van der Waals surface area contributed by atoms with E-state index in [1.54, 1.807) is 24.3 Å². The van der Waals surface area contributed by atoms with Crippen molar-refractivity contribution in [3.05, 3.63) is 138 Å². The summed E-state index contributed by atoms with van der Waals surface area (Å²) in [5.41, 5.74) is 1.34. The van der Waals surface area contributed by atoms with Gasteiger partial charge in [0.2, 0.25) is 0 Å². The monoisotopic (exact) mass is 886 g/mol. The Balaban J connectivity index is 0.000000204. The van der Waals surface area contributed by atoms with Gasteiger partial charge in [-0.3, -0.25) is 20.2 Å². The molecule has 6 rings (SSSR count). The minimum atomic E-state index is -0.568. The molecule has 15 heteroatoms. The second-order valence-electron chi connectivity index (χ2n) is 10.5. The number of rotatable bonds is 10. The number of aromatic hydroxyl groups is 1. The largest absolute Gasteiger partial charge is 0.508 e. The highest BCUT2D eigenvalue weighted by atomic mass is 79.9. The minimum Gasteiger partial charge on any atom is -0.508 e. The Morgan fingerprint density at radius 3 is 1.49 bits per heavy atom. The highest BCUT2D eigenvalue weighted by Gasteiger charge is 2.12. The van der Waals surface area contributed by atoms with E-state index in [2.05, 4.69) is 47.8 Å². The zero-order valence-corrected chi connectivity index (χ0v) is 31.4. The van der Waals surface area contributed by atoms with Crippen LogP contribution in [0.5, 0.6) is 11.5 Å². The Morgan fingerprint density at radius 2 is 1.06 bits per heavy atom. The number of alkyl halides is 3. The summed E-state index contributed by atoms with van der Waals surface area (Å²) in [7, 11) is 0. The number of ether oxygens (including phenoxy) is 1. The second-order valence-corrected chi connectivity index (χ2v) is 12.9. The van der Waals surface area contributed by atoms with Crippen molar-refractivity contribution in [2.75, 3.05) is 22.6 Å². The zero-order chi connectivity index (χ0) is 36.9. The van der Waals surface area contributed by atoms with Crippen molar-refractivity contribution in [1.29, 1.82) is 0 Å². The molecule has 51 heavy (non-hydrogen) atoms. The zero-order valence-electron chi connectivity index (χ0n) is 26.6. The number of non-ortho nitro benzene ring substituents is 2. The summed E-state index contributed by atoms with van der Waals surface area (Å²) in [4.78, 5) is 44.6. The van der Waals surface area contributed by atoms with E-state index < -0.39 is 21.1 Å². The average Bonchev–Trinajstić information content (AvgIpc) is 3.12. The lowest BCUT2D eigenvalue weighted by Gasteiger charge is -2.07. The number of fused-ring (bicyclic) bond motifs is 2. The summed E-state index contributed by atoms with van der Waals surface area (Å²) in [5, 5.41) is 35.2. The van der Waals surface area contributed by atoms with Crippen LogP contribution in [-0.4, -0.2) is 37.6 Å². The summed E-state index contributed by atoms with van der Waals surface area (Å²) in [6.45, 7) is 0.571. The van der Waals surface area contributed by atoms with Gasteiger partial charge in [0.1, 0.15) is 22.7 Å². The van der Waals surface area contributed by atoms with Crippen LogP contribution in [0.2, 0.25) is 0 Å². The van der Waals surface area contributed by atoms with Gasteiger partial charge < -0.3 is 18.7 Å². The summed E-state index contributed by atoms with van der Waals surface area (Å²) in [6, 6.07) is 24.6. The molecule has 6 aromatic rings. The van der Waals surface area contributed by atoms with Gasteiger partial charge in [-0.15, -0.1) is 0 Å². The summed E-state index contributed by atoms with van der Waals surface area (Å²) < 4.78 is 16.1. The molecule has 0 fully saturated rings. The summed E-state index contributed by atoms with van der Waals surface area (Å²) in [5.74, 6) is 0.647. The maximum absolute atomic E-state index is 12.3. The van der Waals surface area contributed by atoms with Gasteiger partial charge in [-0.1, -0.05) is 47.8 Å². The molecule has 0 aliphatic carbocycles. The average molecular weight is 889 g/mol. The number of benzene rings is 4. The third kappa shape index (κ3) is 10.8. The van der Waals surface area contributed by atoms with E-state index in [1.165, 1.54) is 67.1 Å². The lowest BCUT2D eigenvalue weighted by atomic mass is 10.1. The molecule has 2 heterocycles. The molecule has 0 aliphatic rings. The van der Waals surface area contributed by atoms with Crippen molar-refractivity contribution in [3.8, 4) is 33.8 Å². The first-order chi connectivity index (χ1) is 24.5. The maximum atomic E-state index is 12.3. The molecule has 0 radical (unpaired) electrons. The van der Waals surface area contributed by atoms with E-state index in [0.717, 1.165) is 27.8 Å². The Bertz CT molecular complexity index is 2240. The molecule has 2 aromatic heterocycles. The van der Waals surface area contributed by atoms with Crippen molar-refractivity contribution in [1.82, 2.24) is 0 Å². The topological polar surface area (TPSA) is 176 Å². The smallest absolute Gasteiger partial charge is 0.344 e. The number of halogens is 3. The molecular formula is C36H29Br3N2O10. The van der Waals surface area contributed by atoms with Crippen LogP contribution in [0.25, 0.3) is 44.2 Å². The van der Waals surface area contributed by atoms with E-state index in [0.29, 0.717) is 45.6 Å². The molecule has 0 unspecified atom stereocenters. The molecule has 0 saturated carbocycles. The molecule has 12 nitrogen and oxygen atoms in total. The van der Waals surface area contributed by atoms with Gasteiger partial charge >= 0.3 is 11.3 Å². The number of phenols is 1. The van der Waals surface area contributed by atoms with Crippen LogP contribution in [0.1, 0.15) is 12.8 Å². The summed E-state index contributed by atoms with van der Waals surface area (Å²) in [6.07, 6.45) is 2.10. The second kappa shape index (κ2) is 18.9. The Kier molecular flexibility index (Phi) is 14.5. The molecule has 264 valence electrons. The number of hydrogen-bond acceptors (Lipinski definition) is 10. The number of hydrogen-bond donors (Lipinski definition) is 1. The van der Waals surface area contributed by atoms with Gasteiger partial charge in [-0.05, 0) is 84.6 Å². The van der Waals surface area contributed by atoms with E-state index in [4.69, 9.17) is 13.6 Å². The number of nitrogens with zero attached hydrogens (tertiary/aromatic N) is 2. The lowest BCUT2D eigenvalue weighted by Crippen LogP contribution is -2.03. The molecule has 0 spiro atoms. The molecule has 4 aromatic carbocycles. The fourth-order valence-corrected chi connectivity index (χ4v) is 6.05. The Labute approximate surface area is 315 Å². The van der Waals surface area contributed by atoms with Gasteiger partial charge in [0.15, 0.2) is 0 Å². The van der Waals surface area contributed by atoms with Crippen LogP contribution in [-0.2, 0) is 0 Å². The predicted octanol–water partition coefficient (Wildman–Crippen LogP) is 9.77. The molecule has 0 amide bonds. The summed E-state index contributed by atoms with van der Waals surface area (Å²) >= 11 is 9.90.